The molecule has 0 atom stereocenters. The maximum atomic E-state index is 12.8. The highest BCUT2D eigenvalue weighted by Crippen LogP contribution is 2.36. The first-order valence-electron chi connectivity index (χ1n) is 12.6. The van der Waals surface area contributed by atoms with Crippen LogP contribution in [-0.4, -0.2) is 39.0 Å². The van der Waals surface area contributed by atoms with Crippen molar-refractivity contribution < 1.29 is 19.1 Å². The van der Waals surface area contributed by atoms with Crippen molar-refractivity contribution in [2.75, 3.05) is 17.7 Å². The van der Waals surface area contributed by atoms with Crippen molar-refractivity contribution >= 4 is 40.0 Å². The van der Waals surface area contributed by atoms with Crippen LogP contribution >= 0.6 is 23.1 Å². The van der Waals surface area contributed by atoms with E-state index in [0.717, 1.165) is 16.9 Å². The summed E-state index contributed by atoms with van der Waals surface area (Å²) in [5, 5.41) is 14.2. The summed E-state index contributed by atoms with van der Waals surface area (Å²) in [5.74, 6) is 0.774. The van der Waals surface area contributed by atoms with Crippen LogP contribution in [-0.2, 0) is 28.6 Å². The molecule has 39 heavy (non-hydrogen) atoms. The molecule has 0 bridgehead atoms. The van der Waals surface area contributed by atoms with E-state index in [1.807, 2.05) is 59.5 Å². The van der Waals surface area contributed by atoms with Gasteiger partial charge in [0.05, 0.1) is 12.4 Å². The number of carbonyl (C=O) groups is 2. The van der Waals surface area contributed by atoms with Gasteiger partial charge in [-0.3, -0.25) is 4.79 Å². The van der Waals surface area contributed by atoms with Gasteiger partial charge in [0.15, 0.2) is 11.0 Å². The second kappa shape index (κ2) is 12.5. The lowest BCUT2D eigenvalue weighted by Gasteiger charge is -2.19. The molecular weight excluding hydrogens is 532 g/mol. The normalized spacial score (nSPS) is 11.3. The monoisotopic (exact) mass is 564 g/mol. The molecule has 0 saturated heterocycles. The molecule has 0 unspecified atom stereocenters. The first kappa shape index (κ1) is 28.4. The zero-order valence-electron chi connectivity index (χ0n) is 22.7. The quantitative estimate of drug-likeness (QED) is 0.178. The van der Waals surface area contributed by atoms with Gasteiger partial charge >= 0.3 is 5.97 Å². The van der Waals surface area contributed by atoms with E-state index < -0.39 is 5.97 Å². The van der Waals surface area contributed by atoms with E-state index in [2.05, 4.69) is 48.4 Å². The van der Waals surface area contributed by atoms with Crippen LogP contribution in [0.15, 0.2) is 65.1 Å². The fourth-order valence-electron chi connectivity index (χ4n) is 3.77. The Morgan fingerprint density at radius 2 is 1.77 bits per heavy atom. The average Bonchev–Trinajstić information content (AvgIpc) is 3.49. The number of benzene rings is 2. The van der Waals surface area contributed by atoms with Crippen molar-refractivity contribution in [2.45, 2.75) is 44.9 Å². The molecule has 1 amide bonds. The first-order chi connectivity index (χ1) is 18.7. The Kier molecular flexibility index (Phi) is 9.08. The summed E-state index contributed by atoms with van der Waals surface area (Å²) in [6.45, 7) is 8.76. The number of thioether (sulfide) groups is 1. The summed E-state index contributed by atoms with van der Waals surface area (Å²) >= 11 is 2.56. The number of nitrogens with one attached hydrogen (secondary N) is 1. The van der Waals surface area contributed by atoms with Crippen LogP contribution in [0, 0.1) is 0 Å². The molecule has 0 aliphatic heterocycles. The van der Waals surface area contributed by atoms with Crippen LogP contribution in [0.5, 0.6) is 5.75 Å². The molecule has 0 fully saturated rings. The Hall–Kier alpha value is -3.63. The van der Waals surface area contributed by atoms with Gasteiger partial charge in [0, 0.05) is 18.0 Å². The van der Waals surface area contributed by atoms with Gasteiger partial charge in [0.1, 0.15) is 22.9 Å². The van der Waals surface area contributed by atoms with Crippen molar-refractivity contribution in [2.24, 2.45) is 7.05 Å². The average molecular weight is 565 g/mol. The van der Waals surface area contributed by atoms with Gasteiger partial charge < -0.3 is 19.4 Å². The highest BCUT2D eigenvalue weighted by Gasteiger charge is 2.23. The van der Waals surface area contributed by atoms with Gasteiger partial charge in [-0.25, -0.2) is 4.79 Å². The molecule has 4 aromatic rings. The SMILES string of the molecule is CCOC(=O)c1c(-c2ccccc2)csc1NC(=O)CSc1nnc(COc2ccc(C(C)(C)C)cc2)n1C. The number of nitrogens with zero attached hydrogens (tertiary/aromatic N) is 3. The van der Waals surface area contributed by atoms with E-state index in [9.17, 15) is 9.59 Å². The molecule has 0 spiro atoms. The maximum absolute atomic E-state index is 12.8. The number of anilines is 1. The number of amides is 1. The van der Waals surface area contributed by atoms with E-state index in [1.54, 1.807) is 6.92 Å². The minimum Gasteiger partial charge on any atom is -0.486 e. The van der Waals surface area contributed by atoms with E-state index in [4.69, 9.17) is 9.47 Å². The molecule has 10 heteroatoms. The minimum absolute atomic E-state index is 0.0780. The van der Waals surface area contributed by atoms with E-state index >= 15 is 0 Å². The van der Waals surface area contributed by atoms with Crippen molar-refractivity contribution in [1.29, 1.82) is 0 Å². The standard InChI is InChI=1S/C29H32N4O4S2/c1-6-36-27(35)25-22(19-10-8-7-9-11-19)17-38-26(25)30-24(34)18-39-28-32-31-23(33(28)5)16-37-21-14-12-20(13-15-21)29(2,3)4/h7-15,17H,6,16,18H2,1-5H3,(H,30,34). The first-order valence-corrected chi connectivity index (χ1v) is 14.4. The van der Waals surface area contributed by atoms with Crippen LogP contribution < -0.4 is 10.1 Å². The van der Waals surface area contributed by atoms with Crippen molar-refractivity contribution in [3.05, 3.63) is 76.9 Å². The predicted octanol–water partition coefficient (Wildman–Crippen LogP) is 6.33. The summed E-state index contributed by atoms with van der Waals surface area (Å²) in [6, 6.07) is 17.6. The molecule has 0 aliphatic rings. The topological polar surface area (TPSA) is 95.3 Å². The molecule has 1 N–H and O–H groups in total. The molecule has 0 radical (unpaired) electrons. The van der Waals surface area contributed by atoms with Gasteiger partial charge in [-0.05, 0) is 35.6 Å². The third kappa shape index (κ3) is 7.07. The number of hydrogen-bond donors (Lipinski definition) is 1. The number of aromatic nitrogens is 3. The highest BCUT2D eigenvalue weighted by atomic mass is 32.2. The van der Waals surface area contributed by atoms with Gasteiger partial charge in [0.2, 0.25) is 5.91 Å². The summed E-state index contributed by atoms with van der Waals surface area (Å²) < 4.78 is 13.0. The van der Waals surface area contributed by atoms with Crippen LogP contribution in [0.3, 0.4) is 0 Å². The van der Waals surface area contributed by atoms with E-state index in [-0.39, 0.29) is 30.3 Å². The van der Waals surface area contributed by atoms with Gasteiger partial charge in [-0.2, -0.15) is 0 Å². The van der Waals surface area contributed by atoms with Crippen molar-refractivity contribution in [3.8, 4) is 16.9 Å². The Morgan fingerprint density at radius 1 is 1.05 bits per heavy atom. The second-order valence-electron chi connectivity index (χ2n) is 9.80. The Labute approximate surface area is 236 Å². The molecule has 8 nitrogen and oxygen atoms in total. The van der Waals surface area contributed by atoms with Crippen LogP contribution in [0.25, 0.3) is 11.1 Å². The smallest absolute Gasteiger partial charge is 0.341 e. The number of thiophene rings is 1. The van der Waals surface area contributed by atoms with Gasteiger partial charge in [-0.15, -0.1) is 21.5 Å². The molecule has 2 heterocycles. The molecule has 204 valence electrons. The number of esters is 1. The maximum Gasteiger partial charge on any atom is 0.341 e. The summed E-state index contributed by atoms with van der Waals surface area (Å²) in [5.41, 5.74) is 3.28. The number of hydrogen-bond acceptors (Lipinski definition) is 8. The number of ether oxygens (including phenoxy) is 2. The van der Waals surface area contributed by atoms with E-state index in [1.165, 1.54) is 28.7 Å². The second-order valence-corrected chi connectivity index (χ2v) is 11.6. The lowest BCUT2D eigenvalue weighted by molar-refractivity contribution is -0.113. The zero-order chi connectivity index (χ0) is 28.0. The van der Waals surface area contributed by atoms with Crippen molar-refractivity contribution in [1.82, 2.24) is 14.8 Å². The molecule has 2 aromatic carbocycles. The van der Waals surface area contributed by atoms with Gasteiger partial charge in [-0.1, -0.05) is 75.0 Å². The fourth-order valence-corrected chi connectivity index (χ4v) is 5.48. The molecule has 4 rings (SSSR count). The minimum atomic E-state index is -0.466. The largest absolute Gasteiger partial charge is 0.486 e. The summed E-state index contributed by atoms with van der Waals surface area (Å²) in [7, 11) is 1.84. The molecule has 0 aliphatic carbocycles. The molecule has 2 aromatic heterocycles. The Morgan fingerprint density at radius 3 is 2.44 bits per heavy atom. The van der Waals surface area contributed by atoms with Crippen molar-refractivity contribution in [3.63, 3.8) is 0 Å². The molecular formula is C29H32N4O4S2. The number of carbonyl (C=O) groups excluding carboxylic acids is 2. The Bertz CT molecular complexity index is 1420. The predicted molar refractivity (Wildman–Crippen MR) is 156 cm³/mol. The summed E-state index contributed by atoms with van der Waals surface area (Å²) in [6.07, 6.45) is 0. The number of rotatable bonds is 10. The van der Waals surface area contributed by atoms with Crippen LogP contribution in [0.1, 0.15) is 49.4 Å². The molecule has 0 saturated carbocycles. The fraction of sp³-hybridized carbons (Fsp3) is 0.310. The zero-order valence-corrected chi connectivity index (χ0v) is 24.3. The third-order valence-corrected chi connectivity index (χ3v) is 7.87. The lowest BCUT2D eigenvalue weighted by atomic mass is 9.87. The Balaban J connectivity index is 1.37. The highest BCUT2D eigenvalue weighted by molar-refractivity contribution is 7.99. The lowest BCUT2D eigenvalue weighted by Crippen LogP contribution is -2.16. The summed E-state index contributed by atoms with van der Waals surface area (Å²) in [4.78, 5) is 25.6. The van der Waals surface area contributed by atoms with Crippen LogP contribution in [0.4, 0.5) is 5.00 Å². The third-order valence-electron chi connectivity index (χ3n) is 5.95. The van der Waals surface area contributed by atoms with Gasteiger partial charge in [0.25, 0.3) is 0 Å². The van der Waals surface area contributed by atoms with Crippen LogP contribution in [0.2, 0.25) is 0 Å². The van der Waals surface area contributed by atoms with E-state index in [0.29, 0.717) is 21.5 Å².